The number of halogens is 1. The van der Waals surface area contributed by atoms with E-state index in [9.17, 15) is 9.59 Å². The van der Waals surface area contributed by atoms with Gasteiger partial charge in [0.1, 0.15) is 29.3 Å². The molecule has 41 heavy (non-hydrogen) atoms. The first kappa shape index (κ1) is 28.6. The standard InChI is InChI=1S/C33H37FN2O5/c1-22-26(31(37)40-24-15-9-6-10-16-24)30(39-21-23-13-7-5-8-14-23)29-27(28(22)34)25(35-18-11-12-19-35)17-20-36(29)32(38)41-33(2,3)4/h5-10,13-16,25H,11-12,17-21H2,1-4H3. The molecule has 8 heteroatoms. The summed E-state index contributed by atoms with van der Waals surface area (Å²) in [4.78, 5) is 31.0. The number of benzene rings is 3. The minimum atomic E-state index is -0.771. The normalized spacial score (nSPS) is 17.2. The van der Waals surface area contributed by atoms with Crippen LogP contribution in [0.5, 0.6) is 11.5 Å². The molecule has 3 aromatic carbocycles. The van der Waals surface area contributed by atoms with E-state index >= 15 is 4.39 Å². The molecule has 0 spiro atoms. The molecule has 1 atom stereocenters. The molecule has 1 saturated heterocycles. The maximum Gasteiger partial charge on any atom is 0.414 e. The summed E-state index contributed by atoms with van der Waals surface area (Å²) in [7, 11) is 0. The highest BCUT2D eigenvalue weighted by molar-refractivity contribution is 6.02. The minimum absolute atomic E-state index is 0.0448. The Kier molecular flexibility index (Phi) is 8.31. The second kappa shape index (κ2) is 11.9. The van der Waals surface area contributed by atoms with Gasteiger partial charge < -0.3 is 14.2 Å². The van der Waals surface area contributed by atoms with Gasteiger partial charge in [0, 0.05) is 23.7 Å². The molecule has 1 fully saturated rings. The number of fused-ring (bicyclic) bond motifs is 1. The van der Waals surface area contributed by atoms with E-state index in [1.165, 1.54) is 4.90 Å². The van der Waals surface area contributed by atoms with Gasteiger partial charge in [0.15, 0.2) is 5.75 Å². The highest BCUT2D eigenvalue weighted by Crippen LogP contribution is 2.49. The molecule has 2 heterocycles. The molecule has 0 aromatic heterocycles. The van der Waals surface area contributed by atoms with Crippen molar-refractivity contribution < 1.29 is 28.2 Å². The van der Waals surface area contributed by atoms with E-state index in [0.29, 0.717) is 24.3 Å². The van der Waals surface area contributed by atoms with Crippen molar-refractivity contribution in [2.75, 3.05) is 24.5 Å². The molecule has 0 bridgehead atoms. The van der Waals surface area contributed by atoms with Crippen molar-refractivity contribution in [2.24, 2.45) is 0 Å². The molecule has 2 aliphatic rings. The highest BCUT2D eigenvalue weighted by atomic mass is 19.1. The molecule has 0 radical (unpaired) electrons. The number of nitrogens with zero attached hydrogens (tertiary/aromatic N) is 2. The van der Waals surface area contributed by atoms with Crippen LogP contribution < -0.4 is 14.4 Å². The molecule has 0 saturated carbocycles. The Morgan fingerprint density at radius 3 is 2.22 bits per heavy atom. The van der Waals surface area contributed by atoms with E-state index < -0.39 is 23.5 Å². The average molecular weight is 561 g/mol. The number of amides is 1. The molecular weight excluding hydrogens is 523 g/mol. The van der Waals surface area contributed by atoms with Crippen molar-refractivity contribution in [2.45, 2.75) is 65.2 Å². The highest BCUT2D eigenvalue weighted by Gasteiger charge is 2.42. The number of para-hydroxylation sites is 1. The second-order valence-electron chi connectivity index (χ2n) is 11.6. The lowest BCUT2D eigenvalue weighted by molar-refractivity contribution is 0.0567. The molecule has 5 rings (SSSR count). The van der Waals surface area contributed by atoms with E-state index in [1.807, 2.05) is 36.4 Å². The Bertz CT molecular complexity index is 1400. The van der Waals surface area contributed by atoms with Crippen molar-refractivity contribution >= 4 is 17.7 Å². The quantitative estimate of drug-likeness (QED) is 0.234. The largest absolute Gasteiger partial charge is 0.486 e. The lowest BCUT2D eigenvalue weighted by Crippen LogP contribution is -2.44. The first-order valence-corrected chi connectivity index (χ1v) is 14.2. The first-order chi connectivity index (χ1) is 19.6. The van der Waals surface area contributed by atoms with Crippen LogP contribution in [0.3, 0.4) is 0 Å². The number of carbonyl (C=O) groups is 2. The second-order valence-corrected chi connectivity index (χ2v) is 11.6. The molecule has 0 aliphatic carbocycles. The molecule has 0 N–H and O–H groups in total. The van der Waals surface area contributed by atoms with E-state index in [4.69, 9.17) is 14.2 Å². The minimum Gasteiger partial charge on any atom is -0.486 e. The van der Waals surface area contributed by atoms with Crippen LogP contribution in [0, 0.1) is 12.7 Å². The third kappa shape index (κ3) is 6.22. The molecule has 7 nitrogen and oxygen atoms in total. The Hall–Kier alpha value is -3.91. The van der Waals surface area contributed by atoms with Gasteiger partial charge in [0.25, 0.3) is 0 Å². The summed E-state index contributed by atoms with van der Waals surface area (Å²) < 4.78 is 34.4. The first-order valence-electron chi connectivity index (χ1n) is 14.2. The molecule has 216 valence electrons. The Balaban J connectivity index is 1.69. The molecule has 1 unspecified atom stereocenters. The fourth-order valence-electron chi connectivity index (χ4n) is 5.59. The van der Waals surface area contributed by atoms with Gasteiger partial charge in [-0.05, 0) is 77.7 Å². The van der Waals surface area contributed by atoms with Crippen LogP contribution >= 0.6 is 0 Å². The van der Waals surface area contributed by atoms with E-state index in [-0.39, 0.29) is 35.2 Å². The van der Waals surface area contributed by atoms with Crippen molar-refractivity contribution in [3.8, 4) is 11.5 Å². The van der Waals surface area contributed by atoms with Crippen LogP contribution in [0.1, 0.15) is 73.1 Å². The van der Waals surface area contributed by atoms with Gasteiger partial charge in [-0.15, -0.1) is 0 Å². The Labute approximate surface area is 240 Å². The summed E-state index contributed by atoms with van der Waals surface area (Å²) in [5.74, 6) is -0.843. The number of rotatable bonds is 6. The maximum atomic E-state index is 16.6. The van der Waals surface area contributed by atoms with Gasteiger partial charge in [-0.1, -0.05) is 48.5 Å². The zero-order chi connectivity index (χ0) is 29.1. The number of hydrogen-bond acceptors (Lipinski definition) is 6. The Morgan fingerprint density at radius 1 is 0.951 bits per heavy atom. The summed E-state index contributed by atoms with van der Waals surface area (Å²) in [6.45, 7) is 9.01. The number of hydrogen-bond donors (Lipinski definition) is 0. The number of esters is 1. The number of ether oxygens (including phenoxy) is 3. The number of carbonyl (C=O) groups excluding carboxylic acids is 2. The lowest BCUT2D eigenvalue weighted by atomic mass is 9.89. The van der Waals surface area contributed by atoms with Crippen LogP contribution in [-0.2, 0) is 11.3 Å². The third-order valence-electron chi connectivity index (χ3n) is 7.45. The van der Waals surface area contributed by atoms with Gasteiger partial charge in [0.05, 0.1) is 5.69 Å². The lowest BCUT2D eigenvalue weighted by Gasteiger charge is -2.40. The molecule has 3 aromatic rings. The SMILES string of the molecule is Cc1c(F)c2c(c(OCc3ccccc3)c1C(=O)Oc1ccccc1)N(C(=O)OC(C)(C)C)CCC2N1CCCC1. The molecule has 1 amide bonds. The summed E-state index contributed by atoms with van der Waals surface area (Å²) in [6, 6.07) is 17.9. The molecular formula is C33H37FN2O5. The van der Waals surface area contributed by atoms with Gasteiger partial charge >= 0.3 is 12.1 Å². The predicted octanol–water partition coefficient (Wildman–Crippen LogP) is 7.21. The summed E-state index contributed by atoms with van der Waals surface area (Å²) >= 11 is 0. The van der Waals surface area contributed by atoms with Crippen LogP contribution in [0.2, 0.25) is 0 Å². The van der Waals surface area contributed by atoms with E-state index in [2.05, 4.69) is 4.90 Å². The fourth-order valence-corrected chi connectivity index (χ4v) is 5.59. The van der Waals surface area contributed by atoms with Crippen LogP contribution in [0.15, 0.2) is 60.7 Å². The van der Waals surface area contributed by atoms with Crippen molar-refractivity contribution in [3.63, 3.8) is 0 Å². The summed E-state index contributed by atoms with van der Waals surface area (Å²) in [6.07, 6.45) is 1.98. The average Bonchev–Trinajstić information content (AvgIpc) is 3.48. The Morgan fingerprint density at radius 2 is 1.59 bits per heavy atom. The van der Waals surface area contributed by atoms with Crippen LogP contribution in [0.4, 0.5) is 14.9 Å². The predicted molar refractivity (Wildman–Crippen MR) is 155 cm³/mol. The van der Waals surface area contributed by atoms with Crippen molar-refractivity contribution in [1.29, 1.82) is 0 Å². The zero-order valence-corrected chi connectivity index (χ0v) is 24.1. The van der Waals surface area contributed by atoms with Crippen molar-refractivity contribution in [3.05, 3.63) is 88.7 Å². The van der Waals surface area contributed by atoms with Gasteiger partial charge in [-0.2, -0.15) is 0 Å². The van der Waals surface area contributed by atoms with Crippen LogP contribution in [0.25, 0.3) is 0 Å². The van der Waals surface area contributed by atoms with Crippen molar-refractivity contribution in [1.82, 2.24) is 4.90 Å². The van der Waals surface area contributed by atoms with Gasteiger partial charge in [0.2, 0.25) is 0 Å². The van der Waals surface area contributed by atoms with Gasteiger partial charge in [-0.25, -0.2) is 14.0 Å². The van der Waals surface area contributed by atoms with E-state index in [1.54, 1.807) is 52.0 Å². The maximum absolute atomic E-state index is 16.6. The summed E-state index contributed by atoms with van der Waals surface area (Å²) in [5.41, 5.74) is 0.773. The summed E-state index contributed by atoms with van der Waals surface area (Å²) in [5, 5.41) is 0. The fraction of sp³-hybridized carbons (Fsp3) is 0.394. The number of likely N-dealkylation sites (tertiary alicyclic amines) is 1. The molecule has 2 aliphatic heterocycles. The van der Waals surface area contributed by atoms with Gasteiger partial charge in [-0.3, -0.25) is 9.80 Å². The monoisotopic (exact) mass is 560 g/mol. The van der Waals surface area contributed by atoms with Crippen LogP contribution in [-0.4, -0.2) is 42.2 Å². The van der Waals surface area contributed by atoms with E-state index in [0.717, 1.165) is 31.5 Å². The number of anilines is 1. The third-order valence-corrected chi connectivity index (χ3v) is 7.45. The zero-order valence-electron chi connectivity index (χ0n) is 24.1. The topological polar surface area (TPSA) is 68.3 Å². The smallest absolute Gasteiger partial charge is 0.414 e.